The molecule has 3 aliphatic heterocycles. The van der Waals surface area contributed by atoms with E-state index in [1.807, 2.05) is 18.2 Å². The molecule has 0 radical (unpaired) electrons. The molecule has 0 unspecified atom stereocenters. The maximum Gasteiger partial charge on any atom is 0.132 e. The van der Waals surface area contributed by atoms with E-state index >= 15 is 0 Å². The summed E-state index contributed by atoms with van der Waals surface area (Å²) in [6, 6.07) is 63.3. The van der Waals surface area contributed by atoms with Crippen LogP contribution in [0.5, 0.6) is 34.5 Å². The Morgan fingerprint density at radius 2 is 0.500 bits per heavy atom. The average molecular weight is 781 g/mol. The smallest absolute Gasteiger partial charge is 0.132 e. The van der Waals surface area contributed by atoms with Crippen LogP contribution in [0.3, 0.4) is 0 Å². The van der Waals surface area contributed by atoms with E-state index in [1.165, 1.54) is 65.7 Å². The van der Waals surface area contributed by atoms with Crippen LogP contribution in [-0.2, 0) is 16.2 Å². The van der Waals surface area contributed by atoms with Gasteiger partial charge >= 0.3 is 0 Å². The molecule has 0 aromatic heterocycles. The maximum atomic E-state index is 6.12. The number of ether oxygens (including phenoxy) is 3. The third kappa shape index (κ3) is 6.03. The van der Waals surface area contributed by atoms with Crippen molar-refractivity contribution < 1.29 is 14.2 Å². The van der Waals surface area contributed by atoms with Crippen LogP contribution >= 0.6 is 0 Å². The molecule has 0 atom stereocenters. The van der Waals surface area contributed by atoms with Gasteiger partial charge in [-0.1, -0.05) is 187 Å². The second-order valence-corrected chi connectivity index (χ2v) is 17.6. The Morgan fingerprint density at radius 1 is 0.250 bits per heavy atom. The summed E-state index contributed by atoms with van der Waals surface area (Å²) in [5, 5.41) is 7.64. The quantitative estimate of drug-likeness (QED) is 0.153. The van der Waals surface area contributed by atoms with Crippen LogP contribution in [0.1, 0.15) is 74.9 Å². The zero-order valence-corrected chi connectivity index (χ0v) is 35.0. The highest BCUT2D eigenvalue weighted by atomic mass is 16.5. The largest absolute Gasteiger partial charge is 0.457 e. The van der Waals surface area contributed by atoms with Gasteiger partial charge < -0.3 is 14.2 Å². The van der Waals surface area contributed by atoms with Crippen LogP contribution in [0, 0.1) is 0 Å². The maximum absolute atomic E-state index is 6.12. The molecule has 9 aromatic carbocycles. The normalized spacial score (nSPS) is 15.3. The number of rotatable bonds is 0. The zero-order chi connectivity index (χ0) is 41.2. The Labute approximate surface area is 352 Å². The molecule has 3 nitrogen and oxygen atoms in total. The summed E-state index contributed by atoms with van der Waals surface area (Å²) in [5.41, 5.74) is 7.47. The van der Waals surface area contributed by atoms with Crippen LogP contribution in [-0.4, -0.2) is 0 Å². The molecule has 60 heavy (non-hydrogen) atoms. The van der Waals surface area contributed by atoms with Crippen molar-refractivity contribution in [3.8, 4) is 34.5 Å². The van der Waals surface area contributed by atoms with Crippen molar-refractivity contribution in [1.82, 2.24) is 0 Å². The van der Waals surface area contributed by atoms with Crippen LogP contribution in [0.4, 0.5) is 0 Å². The van der Waals surface area contributed by atoms with Gasteiger partial charge in [0.15, 0.2) is 0 Å². The second-order valence-electron chi connectivity index (χ2n) is 17.6. The molecule has 294 valence electrons. The van der Waals surface area contributed by atoms with Gasteiger partial charge in [0, 0.05) is 49.6 Å². The fourth-order valence-corrected chi connectivity index (χ4v) is 9.92. The predicted molar refractivity (Wildman–Crippen MR) is 248 cm³/mol. The van der Waals surface area contributed by atoms with Gasteiger partial charge in [-0.05, 0) is 68.7 Å². The molecule has 0 bridgehead atoms. The Balaban J connectivity index is 0.000000108. The molecule has 9 aromatic rings. The molecule has 3 heteroatoms. The highest BCUT2D eigenvalue weighted by molar-refractivity contribution is 5.92. The highest BCUT2D eigenvalue weighted by Crippen LogP contribution is 2.53. The summed E-state index contributed by atoms with van der Waals surface area (Å²) in [6.45, 7) is 13.7. The molecule has 0 saturated heterocycles. The van der Waals surface area contributed by atoms with Gasteiger partial charge in [0.2, 0.25) is 0 Å². The van der Waals surface area contributed by atoms with E-state index in [2.05, 4.69) is 205 Å². The fraction of sp³-hybridized carbons (Fsp3) is 0.158. The molecule has 0 N–H and O–H groups in total. The summed E-state index contributed by atoms with van der Waals surface area (Å²) in [4.78, 5) is 0. The van der Waals surface area contributed by atoms with E-state index in [0.717, 1.165) is 34.5 Å². The Morgan fingerprint density at radius 3 is 0.800 bits per heavy atom. The van der Waals surface area contributed by atoms with E-state index in [4.69, 9.17) is 14.2 Å². The molecule has 0 fully saturated rings. The molecule has 3 aliphatic rings. The zero-order valence-electron chi connectivity index (χ0n) is 35.0. The number of hydrogen-bond acceptors (Lipinski definition) is 3. The van der Waals surface area contributed by atoms with Crippen LogP contribution in [0.25, 0.3) is 32.3 Å². The topological polar surface area (TPSA) is 27.7 Å². The highest BCUT2D eigenvalue weighted by Gasteiger charge is 2.37. The first-order valence-electron chi connectivity index (χ1n) is 20.9. The average Bonchev–Trinajstić information content (AvgIpc) is 3.26. The van der Waals surface area contributed by atoms with Gasteiger partial charge in [0.1, 0.15) is 34.5 Å². The number of fused-ring (bicyclic) bond motifs is 12. The summed E-state index contributed by atoms with van der Waals surface area (Å²) >= 11 is 0. The van der Waals surface area contributed by atoms with Crippen molar-refractivity contribution >= 4 is 32.3 Å². The molecule has 12 rings (SSSR count). The van der Waals surface area contributed by atoms with Gasteiger partial charge in [-0.25, -0.2) is 0 Å². The van der Waals surface area contributed by atoms with Crippen molar-refractivity contribution in [2.75, 3.05) is 0 Å². The minimum atomic E-state index is -0.0506. The van der Waals surface area contributed by atoms with E-state index in [1.54, 1.807) is 0 Å². The van der Waals surface area contributed by atoms with E-state index in [9.17, 15) is 0 Å². The van der Waals surface area contributed by atoms with Gasteiger partial charge in [-0.3, -0.25) is 0 Å². The van der Waals surface area contributed by atoms with Gasteiger partial charge in [0.05, 0.1) is 0 Å². The van der Waals surface area contributed by atoms with Crippen molar-refractivity contribution in [1.29, 1.82) is 0 Å². The third-order valence-electron chi connectivity index (χ3n) is 12.9. The number of hydrogen-bond donors (Lipinski definition) is 0. The molecule has 0 saturated carbocycles. The van der Waals surface area contributed by atoms with E-state index in [0.29, 0.717) is 0 Å². The van der Waals surface area contributed by atoms with Crippen LogP contribution in [0.2, 0.25) is 0 Å². The lowest BCUT2D eigenvalue weighted by Crippen LogP contribution is -2.24. The molecular weight excluding hydrogens is 733 g/mol. The number of para-hydroxylation sites is 3. The summed E-state index contributed by atoms with van der Waals surface area (Å²) in [6.07, 6.45) is 0. The standard InChI is InChI=1S/3C19H16O/c3*1-19(2)15-9-5-6-10-16(15)20-17-12-11-13-7-3-4-8-14(13)18(17)19/h3*3-12H,1-2H3. The Kier molecular flexibility index (Phi) is 8.84. The summed E-state index contributed by atoms with van der Waals surface area (Å²) < 4.78 is 18.4. The first-order valence-corrected chi connectivity index (χ1v) is 20.9. The van der Waals surface area contributed by atoms with Crippen molar-refractivity contribution in [2.24, 2.45) is 0 Å². The monoisotopic (exact) mass is 780 g/mol. The molecule has 3 heterocycles. The van der Waals surface area contributed by atoms with Gasteiger partial charge in [-0.15, -0.1) is 0 Å². The van der Waals surface area contributed by atoms with Crippen LogP contribution < -0.4 is 14.2 Å². The van der Waals surface area contributed by atoms with Crippen LogP contribution in [0.15, 0.2) is 182 Å². The predicted octanol–water partition coefficient (Wildman–Crippen LogP) is 15.8. The van der Waals surface area contributed by atoms with Crippen molar-refractivity contribution in [2.45, 2.75) is 57.8 Å². The van der Waals surface area contributed by atoms with Crippen molar-refractivity contribution in [3.63, 3.8) is 0 Å². The molecule has 0 spiro atoms. The lowest BCUT2D eigenvalue weighted by atomic mass is 9.74. The summed E-state index contributed by atoms with van der Waals surface area (Å²) in [5.74, 6) is 5.85. The minimum Gasteiger partial charge on any atom is -0.457 e. The minimum absolute atomic E-state index is 0.0506. The summed E-state index contributed by atoms with van der Waals surface area (Å²) in [7, 11) is 0. The fourth-order valence-electron chi connectivity index (χ4n) is 9.92. The van der Waals surface area contributed by atoms with Gasteiger partial charge in [-0.2, -0.15) is 0 Å². The Bertz CT molecular complexity index is 2780. The molecule has 0 amide bonds. The van der Waals surface area contributed by atoms with Gasteiger partial charge in [0.25, 0.3) is 0 Å². The molecular formula is C57H48O3. The SMILES string of the molecule is CC1(C)c2ccccc2Oc2ccc3ccccc3c21.CC1(C)c2ccccc2Oc2ccc3ccccc3c21.CC1(C)c2ccccc2Oc2ccc3ccccc3c21. The Hall–Kier alpha value is -6.84. The lowest BCUT2D eigenvalue weighted by molar-refractivity contribution is 0.420. The first kappa shape index (κ1) is 37.4. The molecule has 0 aliphatic carbocycles. The number of benzene rings is 9. The van der Waals surface area contributed by atoms with E-state index < -0.39 is 0 Å². The van der Waals surface area contributed by atoms with Crippen molar-refractivity contribution in [3.05, 3.63) is 215 Å². The first-order chi connectivity index (χ1) is 29.0. The van der Waals surface area contributed by atoms with E-state index in [-0.39, 0.29) is 16.2 Å². The third-order valence-corrected chi connectivity index (χ3v) is 12.9. The second kappa shape index (κ2) is 14.2. The lowest BCUT2D eigenvalue weighted by Gasteiger charge is -2.35.